The molecule has 1 fully saturated rings. The number of methoxy groups -OCH3 is 1. The number of aryl methyl sites for hydroxylation is 1. The Bertz CT molecular complexity index is 878. The molecule has 8 heteroatoms. The normalized spacial score (nSPS) is 19.8. The van der Waals surface area contributed by atoms with Crippen molar-refractivity contribution in [2.24, 2.45) is 0 Å². The number of nitrogens with zero attached hydrogens (tertiary/aromatic N) is 1. The minimum atomic E-state index is -1.05. The molecule has 1 aliphatic heterocycles. The molecule has 0 bridgehead atoms. The van der Waals surface area contributed by atoms with Gasteiger partial charge in [-0.15, -0.1) is 0 Å². The molecular weight excluding hydrogens is 374 g/mol. The van der Waals surface area contributed by atoms with Crippen LogP contribution < -0.4 is 15.4 Å². The predicted molar refractivity (Wildman–Crippen MR) is 105 cm³/mol. The number of hydrogen-bond acceptors (Lipinski definition) is 5. The molecular formula is C21H25N3O5. The Hall–Kier alpha value is -3.29. The van der Waals surface area contributed by atoms with Crippen LogP contribution in [0.25, 0.3) is 0 Å². The molecule has 1 aromatic carbocycles. The van der Waals surface area contributed by atoms with E-state index in [0.717, 1.165) is 16.2 Å². The Morgan fingerprint density at radius 1 is 1.28 bits per heavy atom. The van der Waals surface area contributed by atoms with Gasteiger partial charge in [0, 0.05) is 0 Å². The molecule has 1 aromatic heterocycles. The lowest BCUT2D eigenvalue weighted by Crippen LogP contribution is -2.45. The van der Waals surface area contributed by atoms with Gasteiger partial charge >= 0.3 is 6.03 Å². The van der Waals surface area contributed by atoms with Crippen molar-refractivity contribution in [1.29, 1.82) is 0 Å². The molecule has 0 spiro atoms. The molecule has 2 atom stereocenters. The van der Waals surface area contributed by atoms with E-state index in [4.69, 9.17) is 9.15 Å². The molecule has 4 amide bonds. The maximum absolute atomic E-state index is 12.8. The van der Waals surface area contributed by atoms with Crippen molar-refractivity contribution >= 4 is 17.8 Å². The van der Waals surface area contributed by atoms with Gasteiger partial charge in [0.05, 0.1) is 19.4 Å². The van der Waals surface area contributed by atoms with Gasteiger partial charge in [-0.3, -0.25) is 14.5 Å². The average Bonchev–Trinajstić information content (AvgIpc) is 3.31. The summed E-state index contributed by atoms with van der Waals surface area (Å²) in [4.78, 5) is 38.4. The van der Waals surface area contributed by atoms with Crippen molar-refractivity contribution in [1.82, 2.24) is 15.5 Å². The molecule has 0 saturated carbocycles. The van der Waals surface area contributed by atoms with Gasteiger partial charge in [-0.25, -0.2) is 4.79 Å². The third kappa shape index (κ3) is 4.59. The largest absolute Gasteiger partial charge is 0.497 e. The van der Waals surface area contributed by atoms with Crippen LogP contribution in [0, 0.1) is 0 Å². The maximum Gasteiger partial charge on any atom is 0.325 e. The van der Waals surface area contributed by atoms with E-state index in [2.05, 4.69) is 10.6 Å². The van der Waals surface area contributed by atoms with E-state index in [1.165, 1.54) is 6.26 Å². The fourth-order valence-corrected chi connectivity index (χ4v) is 3.29. The third-order valence-corrected chi connectivity index (χ3v) is 5.07. The van der Waals surface area contributed by atoms with Crippen molar-refractivity contribution < 1.29 is 23.5 Å². The zero-order valence-electron chi connectivity index (χ0n) is 16.7. The van der Waals surface area contributed by atoms with Gasteiger partial charge in [-0.05, 0) is 56.5 Å². The van der Waals surface area contributed by atoms with Crippen LogP contribution in [-0.2, 0) is 16.0 Å². The van der Waals surface area contributed by atoms with Crippen molar-refractivity contribution in [2.45, 2.75) is 38.3 Å². The summed E-state index contributed by atoms with van der Waals surface area (Å²) < 4.78 is 10.4. The van der Waals surface area contributed by atoms with Gasteiger partial charge < -0.3 is 19.8 Å². The summed E-state index contributed by atoms with van der Waals surface area (Å²) in [6.45, 7) is 3.11. The quantitative estimate of drug-likeness (QED) is 0.664. The maximum atomic E-state index is 12.8. The third-order valence-electron chi connectivity index (χ3n) is 5.07. The number of urea groups is 1. The zero-order chi connectivity index (χ0) is 21.0. The van der Waals surface area contributed by atoms with Gasteiger partial charge in [-0.2, -0.15) is 0 Å². The standard InChI is InChI=1S/C21H25N3O5/c1-14(17-5-4-12-29-17)22-18(25)13-24-19(26)21(2,23-20(24)27)11-10-15-6-8-16(28-3)9-7-15/h4-9,12,14H,10-11,13H2,1-3H3,(H,22,25)(H,23,27)/t14-,21+/m1/s1. The molecule has 154 valence electrons. The first kappa shape index (κ1) is 20.4. The molecule has 29 heavy (non-hydrogen) atoms. The number of amides is 4. The van der Waals surface area contributed by atoms with Crippen molar-refractivity contribution in [3.8, 4) is 5.75 Å². The zero-order valence-corrected chi connectivity index (χ0v) is 16.7. The number of imide groups is 1. The highest BCUT2D eigenvalue weighted by Gasteiger charge is 2.47. The number of rotatable bonds is 8. The smallest absolute Gasteiger partial charge is 0.325 e. The van der Waals surface area contributed by atoms with E-state index in [1.54, 1.807) is 33.1 Å². The second-order valence-corrected chi connectivity index (χ2v) is 7.31. The molecule has 2 aromatic rings. The highest BCUT2D eigenvalue weighted by Crippen LogP contribution is 2.24. The van der Waals surface area contributed by atoms with Crippen LogP contribution >= 0.6 is 0 Å². The predicted octanol–water partition coefficient (Wildman–Crippen LogP) is 2.41. The minimum Gasteiger partial charge on any atom is -0.497 e. The number of furan rings is 1. The van der Waals surface area contributed by atoms with Crippen LogP contribution in [0.3, 0.4) is 0 Å². The second kappa shape index (κ2) is 8.38. The van der Waals surface area contributed by atoms with Crippen LogP contribution in [-0.4, -0.2) is 41.9 Å². The molecule has 8 nitrogen and oxygen atoms in total. The summed E-state index contributed by atoms with van der Waals surface area (Å²) in [6.07, 6.45) is 2.54. The first-order valence-corrected chi connectivity index (χ1v) is 9.42. The number of ether oxygens (including phenoxy) is 1. The Morgan fingerprint density at radius 2 is 2.00 bits per heavy atom. The Kier molecular flexibility index (Phi) is 5.91. The van der Waals surface area contributed by atoms with Crippen molar-refractivity contribution in [3.05, 3.63) is 54.0 Å². The monoisotopic (exact) mass is 399 g/mol. The van der Waals surface area contributed by atoms with Crippen LogP contribution in [0.2, 0.25) is 0 Å². The highest BCUT2D eigenvalue weighted by atomic mass is 16.5. The highest BCUT2D eigenvalue weighted by molar-refractivity contribution is 6.08. The lowest BCUT2D eigenvalue weighted by molar-refractivity contribution is -0.135. The summed E-state index contributed by atoms with van der Waals surface area (Å²) in [5, 5.41) is 5.45. The van der Waals surface area contributed by atoms with Gasteiger partial charge in [0.1, 0.15) is 23.6 Å². The summed E-state index contributed by atoms with van der Waals surface area (Å²) in [7, 11) is 1.60. The van der Waals surface area contributed by atoms with E-state index >= 15 is 0 Å². The number of carbonyl (C=O) groups excluding carboxylic acids is 3. The SMILES string of the molecule is COc1ccc(CC[C@]2(C)NC(=O)N(CC(=O)N[C@H](C)c3ccco3)C2=O)cc1. The Labute approximate surface area is 169 Å². The van der Waals surface area contributed by atoms with E-state index in [-0.39, 0.29) is 12.6 Å². The second-order valence-electron chi connectivity index (χ2n) is 7.31. The van der Waals surface area contributed by atoms with Crippen LogP contribution in [0.15, 0.2) is 47.1 Å². The fourth-order valence-electron chi connectivity index (χ4n) is 3.29. The fraction of sp³-hybridized carbons (Fsp3) is 0.381. The number of hydrogen-bond donors (Lipinski definition) is 2. The molecule has 2 heterocycles. The summed E-state index contributed by atoms with van der Waals surface area (Å²) in [5.41, 5.74) is -0.0262. The Balaban J connectivity index is 1.58. The van der Waals surface area contributed by atoms with E-state index in [0.29, 0.717) is 18.6 Å². The molecule has 0 aliphatic carbocycles. The summed E-state index contributed by atoms with van der Waals surface area (Å²) >= 11 is 0. The minimum absolute atomic E-state index is 0.339. The van der Waals surface area contributed by atoms with Crippen molar-refractivity contribution in [2.75, 3.05) is 13.7 Å². The van der Waals surface area contributed by atoms with E-state index < -0.39 is 23.4 Å². The first-order valence-electron chi connectivity index (χ1n) is 9.42. The van der Waals surface area contributed by atoms with Crippen LogP contribution in [0.1, 0.15) is 37.6 Å². The van der Waals surface area contributed by atoms with Crippen LogP contribution in [0.5, 0.6) is 5.75 Å². The lowest BCUT2D eigenvalue weighted by Gasteiger charge is -2.22. The molecule has 2 N–H and O–H groups in total. The van der Waals surface area contributed by atoms with Gasteiger partial charge in [-0.1, -0.05) is 12.1 Å². The first-order chi connectivity index (χ1) is 13.8. The topological polar surface area (TPSA) is 101 Å². The molecule has 3 rings (SSSR count). The van der Waals surface area contributed by atoms with Gasteiger partial charge in [0.15, 0.2) is 0 Å². The van der Waals surface area contributed by atoms with E-state index in [9.17, 15) is 14.4 Å². The van der Waals surface area contributed by atoms with Gasteiger partial charge in [0.25, 0.3) is 5.91 Å². The summed E-state index contributed by atoms with van der Waals surface area (Å²) in [6, 6.07) is 10.1. The lowest BCUT2D eigenvalue weighted by atomic mass is 9.93. The average molecular weight is 399 g/mol. The number of carbonyl (C=O) groups is 3. The van der Waals surface area contributed by atoms with Gasteiger partial charge in [0.2, 0.25) is 5.91 Å². The van der Waals surface area contributed by atoms with E-state index in [1.807, 2.05) is 24.3 Å². The molecule has 1 saturated heterocycles. The summed E-state index contributed by atoms with van der Waals surface area (Å²) in [5.74, 6) is 0.514. The number of benzene rings is 1. The van der Waals surface area contributed by atoms with Crippen molar-refractivity contribution in [3.63, 3.8) is 0 Å². The van der Waals surface area contributed by atoms with Crippen LogP contribution in [0.4, 0.5) is 4.79 Å². The Morgan fingerprint density at radius 3 is 2.62 bits per heavy atom. The molecule has 0 radical (unpaired) electrons. The molecule has 0 unspecified atom stereocenters. The molecule has 1 aliphatic rings. The number of nitrogens with one attached hydrogen (secondary N) is 2.